The van der Waals surface area contributed by atoms with Crippen LogP contribution in [-0.2, 0) is 15.1 Å². The minimum absolute atomic E-state index is 0.301. The van der Waals surface area contributed by atoms with Gasteiger partial charge in [0.25, 0.3) is 5.89 Å². The van der Waals surface area contributed by atoms with E-state index in [-0.39, 0.29) is 6.10 Å². The van der Waals surface area contributed by atoms with E-state index in [4.69, 9.17) is 19.7 Å². The summed E-state index contributed by atoms with van der Waals surface area (Å²) >= 11 is 0. The highest BCUT2D eigenvalue weighted by Gasteiger charge is 2.32. The number of nitrogens with two attached hydrogens (primary N) is 1. The fraction of sp³-hybridized carbons (Fsp3) is 0.818. The number of ether oxygens (including phenoxy) is 2. The summed E-state index contributed by atoms with van der Waals surface area (Å²) in [6.07, 6.45) is 0.402. The van der Waals surface area contributed by atoms with Crippen molar-refractivity contribution >= 4 is 0 Å². The molecule has 0 aliphatic carbocycles. The Morgan fingerprint density at radius 1 is 1.47 bits per heavy atom. The number of methoxy groups -OCH3 is 1. The Morgan fingerprint density at radius 3 is 2.65 bits per heavy atom. The standard InChI is InChI=1S/C11H21N3O3/c1-5-11(3,16-6-2)10-13-9(17-14-10)8(7-12)15-4/h8H,5-7,12H2,1-4H3. The molecule has 1 aromatic rings. The van der Waals surface area contributed by atoms with Gasteiger partial charge in [0.15, 0.2) is 0 Å². The Kier molecular flexibility index (Phi) is 5.04. The van der Waals surface area contributed by atoms with Gasteiger partial charge in [0.2, 0.25) is 5.82 Å². The van der Waals surface area contributed by atoms with Gasteiger partial charge < -0.3 is 19.7 Å². The van der Waals surface area contributed by atoms with Gasteiger partial charge >= 0.3 is 0 Å². The van der Waals surface area contributed by atoms with Crippen LogP contribution in [-0.4, -0.2) is 30.4 Å². The quantitative estimate of drug-likeness (QED) is 0.778. The first-order valence-electron chi connectivity index (χ1n) is 5.82. The lowest BCUT2D eigenvalue weighted by molar-refractivity contribution is -0.0403. The predicted octanol–water partition coefficient (Wildman–Crippen LogP) is 1.38. The fourth-order valence-corrected chi connectivity index (χ4v) is 1.52. The van der Waals surface area contributed by atoms with Gasteiger partial charge in [-0.15, -0.1) is 0 Å². The van der Waals surface area contributed by atoms with Crippen molar-refractivity contribution in [3.8, 4) is 0 Å². The average Bonchev–Trinajstić information content (AvgIpc) is 2.81. The highest BCUT2D eigenvalue weighted by atomic mass is 16.5. The molecule has 2 N–H and O–H groups in total. The maximum Gasteiger partial charge on any atom is 0.257 e. The van der Waals surface area contributed by atoms with Crippen molar-refractivity contribution in [2.24, 2.45) is 5.73 Å². The molecule has 1 aromatic heterocycles. The van der Waals surface area contributed by atoms with E-state index in [1.807, 2.05) is 20.8 Å². The summed E-state index contributed by atoms with van der Waals surface area (Å²) in [5.74, 6) is 0.928. The first-order chi connectivity index (χ1) is 8.11. The third-order valence-corrected chi connectivity index (χ3v) is 2.83. The summed E-state index contributed by atoms with van der Waals surface area (Å²) < 4.78 is 16.0. The number of rotatable bonds is 7. The summed E-state index contributed by atoms with van der Waals surface area (Å²) in [5.41, 5.74) is 5.02. The van der Waals surface area contributed by atoms with Crippen LogP contribution in [0.5, 0.6) is 0 Å². The second-order valence-electron chi connectivity index (χ2n) is 3.93. The van der Waals surface area contributed by atoms with Gasteiger partial charge in [-0.1, -0.05) is 12.1 Å². The van der Waals surface area contributed by atoms with E-state index in [1.165, 1.54) is 0 Å². The van der Waals surface area contributed by atoms with Crippen molar-refractivity contribution < 1.29 is 14.0 Å². The van der Waals surface area contributed by atoms with E-state index >= 15 is 0 Å². The normalized spacial score (nSPS) is 16.8. The molecule has 0 bridgehead atoms. The molecule has 0 saturated heterocycles. The SMILES string of the molecule is CCOC(C)(CC)c1noc(C(CN)OC)n1. The van der Waals surface area contributed by atoms with E-state index in [0.29, 0.717) is 24.9 Å². The Hall–Kier alpha value is -0.980. The Balaban J connectivity index is 2.92. The topological polar surface area (TPSA) is 83.4 Å². The van der Waals surface area contributed by atoms with Crippen LogP contribution in [0.1, 0.15) is 45.0 Å². The van der Waals surface area contributed by atoms with Crippen molar-refractivity contribution in [2.45, 2.75) is 38.9 Å². The Labute approximate surface area is 101 Å². The van der Waals surface area contributed by atoms with Gasteiger partial charge in [-0.3, -0.25) is 0 Å². The van der Waals surface area contributed by atoms with Crippen molar-refractivity contribution in [2.75, 3.05) is 20.3 Å². The van der Waals surface area contributed by atoms with Gasteiger partial charge in [-0.05, 0) is 20.3 Å². The van der Waals surface area contributed by atoms with Crippen molar-refractivity contribution in [1.29, 1.82) is 0 Å². The third-order valence-electron chi connectivity index (χ3n) is 2.83. The van der Waals surface area contributed by atoms with Crippen LogP contribution in [0, 0.1) is 0 Å². The van der Waals surface area contributed by atoms with E-state index in [2.05, 4.69) is 10.1 Å². The zero-order valence-electron chi connectivity index (χ0n) is 10.9. The highest BCUT2D eigenvalue weighted by molar-refractivity contribution is 5.00. The molecule has 17 heavy (non-hydrogen) atoms. The molecular weight excluding hydrogens is 222 g/mol. The van der Waals surface area contributed by atoms with E-state index in [0.717, 1.165) is 6.42 Å². The smallest absolute Gasteiger partial charge is 0.257 e. The van der Waals surface area contributed by atoms with Gasteiger partial charge in [-0.25, -0.2) is 0 Å². The minimum atomic E-state index is -0.524. The summed E-state index contributed by atoms with van der Waals surface area (Å²) in [4.78, 5) is 4.31. The molecule has 98 valence electrons. The number of nitrogens with zero attached hydrogens (tertiary/aromatic N) is 2. The highest BCUT2D eigenvalue weighted by Crippen LogP contribution is 2.27. The van der Waals surface area contributed by atoms with E-state index < -0.39 is 5.60 Å². The van der Waals surface area contributed by atoms with Crippen LogP contribution >= 0.6 is 0 Å². The van der Waals surface area contributed by atoms with Crippen LogP contribution in [0.25, 0.3) is 0 Å². The molecule has 6 heteroatoms. The van der Waals surface area contributed by atoms with Crippen LogP contribution in [0.4, 0.5) is 0 Å². The number of hydrogen-bond donors (Lipinski definition) is 1. The lowest BCUT2D eigenvalue weighted by Crippen LogP contribution is -2.26. The lowest BCUT2D eigenvalue weighted by atomic mass is 10.0. The molecule has 0 spiro atoms. The molecule has 2 unspecified atom stereocenters. The molecule has 0 aliphatic rings. The van der Waals surface area contributed by atoms with E-state index in [9.17, 15) is 0 Å². The molecule has 0 amide bonds. The van der Waals surface area contributed by atoms with Gasteiger partial charge in [0.05, 0.1) is 0 Å². The maximum absolute atomic E-state index is 5.67. The average molecular weight is 243 g/mol. The van der Waals surface area contributed by atoms with Crippen molar-refractivity contribution in [3.63, 3.8) is 0 Å². The predicted molar refractivity (Wildman–Crippen MR) is 62.4 cm³/mol. The monoisotopic (exact) mass is 243 g/mol. The zero-order chi connectivity index (χ0) is 12.9. The molecule has 1 rings (SSSR count). The van der Waals surface area contributed by atoms with Crippen LogP contribution in [0.3, 0.4) is 0 Å². The molecule has 0 aliphatic heterocycles. The second kappa shape index (κ2) is 6.09. The van der Waals surface area contributed by atoms with Crippen LogP contribution in [0.15, 0.2) is 4.52 Å². The minimum Gasteiger partial charge on any atom is -0.370 e. The zero-order valence-corrected chi connectivity index (χ0v) is 10.9. The first kappa shape index (κ1) is 14.1. The molecule has 0 aromatic carbocycles. The molecule has 6 nitrogen and oxygen atoms in total. The van der Waals surface area contributed by atoms with Gasteiger partial charge in [0.1, 0.15) is 11.7 Å². The first-order valence-corrected chi connectivity index (χ1v) is 5.82. The third kappa shape index (κ3) is 3.02. The molecule has 2 atom stereocenters. The number of hydrogen-bond acceptors (Lipinski definition) is 6. The lowest BCUT2D eigenvalue weighted by Gasteiger charge is -2.23. The van der Waals surface area contributed by atoms with Gasteiger partial charge in [-0.2, -0.15) is 4.98 Å². The second-order valence-corrected chi connectivity index (χ2v) is 3.93. The fourth-order valence-electron chi connectivity index (χ4n) is 1.52. The van der Waals surface area contributed by atoms with Crippen LogP contribution in [0.2, 0.25) is 0 Å². The largest absolute Gasteiger partial charge is 0.370 e. The summed E-state index contributed by atoms with van der Waals surface area (Å²) in [6, 6.07) is 0. The summed E-state index contributed by atoms with van der Waals surface area (Å²) in [6.45, 7) is 6.79. The Morgan fingerprint density at radius 2 is 2.18 bits per heavy atom. The molecular formula is C11H21N3O3. The molecule has 0 radical (unpaired) electrons. The molecule has 1 heterocycles. The Bertz CT molecular complexity index is 338. The maximum atomic E-state index is 5.67. The summed E-state index contributed by atoms with van der Waals surface area (Å²) in [5, 5.41) is 3.95. The van der Waals surface area contributed by atoms with Gasteiger partial charge in [0, 0.05) is 20.3 Å². The molecule has 0 fully saturated rings. The van der Waals surface area contributed by atoms with Crippen LogP contribution < -0.4 is 5.73 Å². The number of aromatic nitrogens is 2. The van der Waals surface area contributed by atoms with Crippen molar-refractivity contribution in [3.05, 3.63) is 11.7 Å². The summed E-state index contributed by atoms with van der Waals surface area (Å²) in [7, 11) is 1.56. The van der Waals surface area contributed by atoms with Crippen molar-refractivity contribution in [1.82, 2.24) is 10.1 Å². The molecule has 0 saturated carbocycles. The van der Waals surface area contributed by atoms with E-state index in [1.54, 1.807) is 7.11 Å².